The van der Waals surface area contributed by atoms with Crippen LogP contribution in [0.25, 0.3) is 0 Å². The fourth-order valence-electron chi connectivity index (χ4n) is 2.99. The van der Waals surface area contributed by atoms with Crippen molar-refractivity contribution in [3.05, 3.63) is 54.1 Å². The highest BCUT2D eigenvalue weighted by Gasteiger charge is 2.34. The van der Waals surface area contributed by atoms with Gasteiger partial charge in [0.15, 0.2) is 0 Å². The maximum Gasteiger partial charge on any atom is 0.414 e. The molecule has 1 saturated heterocycles. The quantitative estimate of drug-likeness (QED) is 0.842. The van der Waals surface area contributed by atoms with Crippen molar-refractivity contribution in [3.63, 3.8) is 0 Å². The third-order valence-corrected chi connectivity index (χ3v) is 4.34. The molecule has 3 rings (SSSR count). The topological polar surface area (TPSA) is 74.8 Å². The van der Waals surface area contributed by atoms with E-state index in [4.69, 9.17) is 4.74 Å². The van der Waals surface area contributed by atoms with Crippen LogP contribution < -0.4 is 15.1 Å². The number of cyclic esters (lactones) is 1. The van der Waals surface area contributed by atoms with Gasteiger partial charge in [0.25, 0.3) is 0 Å². The molecule has 1 fully saturated rings. The van der Waals surface area contributed by atoms with Gasteiger partial charge in [0, 0.05) is 39.5 Å². The van der Waals surface area contributed by atoms with Gasteiger partial charge < -0.3 is 15.0 Å². The van der Waals surface area contributed by atoms with Crippen LogP contribution in [0.1, 0.15) is 12.5 Å². The first-order valence-electron chi connectivity index (χ1n) is 8.55. The zero-order chi connectivity index (χ0) is 19.4. The van der Waals surface area contributed by atoms with Gasteiger partial charge in [-0.1, -0.05) is 0 Å². The highest BCUT2D eigenvalue weighted by molar-refractivity contribution is 5.90. The van der Waals surface area contributed by atoms with Crippen molar-refractivity contribution < 1.29 is 18.7 Å². The monoisotopic (exact) mass is 372 g/mol. The summed E-state index contributed by atoms with van der Waals surface area (Å²) < 4.78 is 19.8. The molecule has 2 aromatic rings. The average Bonchev–Trinajstić information content (AvgIpc) is 3.01. The van der Waals surface area contributed by atoms with Crippen molar-refractivity contribution in [2.45, 2.75) is 19.5 Å². The van der Waals surface area contributed by atoms with Crippen LogP contribution in [0.15, 0.2) is 42.7 Å². The van der Waals surface area contributed by atoms with Gasteiger partial charge in [-0.2, -0.15) is 0 Å². The lowest BCUT2D eigenvalue weighted by Crippen LogP contribution is -2.42. The van der Waals surface area contributed by atoms with E-state index in [1.807, 2.05) is 12.1 Å². The molecule has 27 heavy (non-hydrogen) atoms. The number of carbonyl (C=O) groups is 2. The predicted octanol–water partition coefficient (Wildman–Crippen LogP) is 2.32. The second-order valence-electron chi connectivity index (χ2n) is 6.39. The van der Waals surface area contributed by atoms with E-state index in [1.54, 1.807) is 36.5 Å². The third-order valence-electron chi connectivity index (χ3n) is 4.34. The molecule has 0 aliphatic carbocycles. The lowest BCUT2D eigenvalue weighted by Gasteiger charge is -2.24. The SMILES string of the molecule is CC(=O)NCC1COC(=O)N1c1ccc(N(C)Cc2ccncc2)c(F)c1. The van der Waals surface area contributed by atoms with Crippen LogP contribution in [0.5, 0.6) is 0 Å². The number of anilines is 2. The van der Waals surface area contributed by atoms with E-state index in [9.17, 15) is 14.0 Å². The number of aromatic nitrogens is 1. The second-order valence-corrected chi connectivity index (χ2v) is 6.39. The van der Waals surface area contributed by atoms with Crippen molar-refractivity contribution in [1.29, 1.82) is 0 Å². The Labute approximate surface area is 156 Å². The van der Waals surface area contributed by atoms with Crippen LogP contribution in [0.3, 0.4) is 0 Å². The Kier molecular flexibility index (Phi) is 5.54. The van der Waals surface area contributed by atoms with E-state index in [-0.39, 0.29) is 25.1 Å². The molecule has 1 atom stereocenters. The highest BCUT2D eigenvalue weighted by Crippen LogP contribution is 2.29. The normalized spacial score (nSPS) is 16.2. The van der Waals surface area contributed by atoms with Gasteiger partial charge in [-0.15, -0.1) is 0 Å². The lowest BCUT2D eigenvalue weighted by atomic mass is 10.2. The Hall–Kier alpha value is -3.16. The first kappa shape index (κ1) is 18.6. The molecule has 0 bridgehead atoms. The molecular weight excluding hydrogens is 351 g/mol. The van der Waals surface area contributed by atoms with Crippen molar-refractivity contribution in [2.75, 3.05) is 30.0 Å². The van der Waals surface area contributed by atoms with Crippen molar-refractivity contribution in [2.24, 2.45) is 0 Å². The number of ether oxygens (including phenoxy) is 1. The highest BCUT2D eigenvalue weighted by atomic mass is 19.1. The van der Waals surface area contributed by atoms with Crippen molar-refractivity contribution in [1.82, 2.24) is 10.3 Å². The summed E-state index contributed by atoms with van der Waals surface area (Å²) in [6, 6.07) is 7.99. The van der Waals surface area contributed by atoms with Gasteiger partial charge >= 0.3 is 6.09 Å². The van der Waals surface area contributed by atoms with Crippen LogP contribution in [0.4, 0.5) is 20.6 Å². The molecule has 8 heteroatoms. The van der Waals surface area contributed by atoms with E-state index in [1.165, 1.54) is 17.9 Å². The molecular formula is C19H21FN4O3. The fourth-order valence-corrected chi connectivity index (χ4v) is 2.99. The third kappa shape index (κ3) is 4.33. The molecule has 1 unspecified atom stereocenters. The minimum atomic E-state index is -0.553. The summed E-state index contributed by atoms with van der Waals surface area (Å²) in [6.07, 6.45) is 2.83. The Morgan fingerprint density at radius 2 is 2.11 bits per heavy atom. The molecule has 1 aliphatic rings. The van der Waals surface area contributed by atoms with Crippen molar-refractivity contribution >= 4 is 23.4 Å². The van der Waals surface area contributed by atoms with E-state index >= 15 is 0 Å². The van der Waals surface area contributed by atoms with Crippen molar-refractivity contribution in [3.8, 4) is 0 Å². The molecule has 0 radical (unpaired) electrons. The summed E-state index contributed by atoms with van der Waals surface area (Å²) in [7, 11) is 1.79. The number of nitrogens with zero attached hydrogens (tertiary/aromatic N) is 3. The molecule has 1 aromatic carbocycles. The Bertz CT molecular complexity index is 831. The number of hydrogen-bond donors (Lipinski definition) is 1. The van der Waals surface area contributed by atoms with Gasteiger partial charge in [0.05, 0.1) is 17.4 Å². The number of carbonyl (C=O) groups excluding carboxylic acids is 2. The summed E-state index contributed by atoms with van der Waals surface area (Å²) in [5.41, 5.74) is 1.82. The first-order valence-corrected chi connectivity index (χ1v) is 8.55. The zero-order valence-corrected chi connectivity index (χ0v) is 15.2. The number of halogens is 1. The number of benzene rings is 1. The molecule has 142 valence electrons. The van der Waals surface area contributed by atoms with E-state index in [0.717, 1.165) is 5.56 Å². The second kappa shape index (κ2) is 8.03. The summed E-state index contributed by atoms with van der Waals surface area (Å²) in [5, 5.41) is 2.66. The molecule has 7 nitrogen and oxygen atoms in total. The number of hydrogen-bond acceptors (Lipinski definition) is 5. The maximum atomic E-state index is 14.7. The summed E-state index contributed by atoms with van der Waals surface area (Å²) in [6.45, 7) is 2.31. The summed E-state index contributed by atoms with van der Waals surface area (Å²) in [4.78, 5) is 30.3. The van der Waals surface area contributed by atoms with Crippen LogP contribution in [0, 0.1) is 5.82 Å². The minimum Gasteiger partial charge on any atom is -0.447 e. The summed E-state index contributed by atoms with van der Waals surface area (Å²) >= 11 is 0. The maximum absolute atomic E-state index is 14.7. The van der Waals surface area contributed by atoms with Crippen LogP contribution in [-0.4, -0.2) is 43.2 Å². The van der Waals surface area contributed by atoms with E-state index in [0.29, 0.717) is 17.9 Å². The number of nitrogens with one attached hydrogen (secondary N) is 1. The zero-order valence-electron chi connectivity index (χ0n) is 15.2. The van der Waals surface area contributed by atoms with Crippen LogP contribution >= 0.6 is 0 Å². The fraction of sp³-hybridized carbons (Fsp3) is 0.316. The Balaban J connectivity index is 1.77. The molecule has 1 aliphatic heterocycles. The number of rotatable bonds is 6. The number of amides is 2. The van der Waals surface area contributed by atoms with Gasteiger partial charge in [0.1, 0.15) is 12.4 Å². The van der Waals surface area contributed by atoms with Crippen LogP contribution in [-0.2, 0) is 16.1 Å². The van der Waals surface area contributed by atoms with E-state index < -0.39 is 11.9 Å². The molecule has 2 heterocycles. The Morgan fingerprint density at radius 3 is 2.78 bits per heavy atom. The Morgan fingerprint density at radius 1 is 1.37 bits per heavy atom. The molecule has 2 amide bonds. The molecule has 1 N–H and O–H groups in total. The van der Waals surface area contributed by atoms with Crippen LogP contribution in [0.2, 0.25) is 0 Å². The smallest absolute Gasteiger partial charge is 0.414 e. The van der Waals surface area contributed by atoms with E-state index in [2.05, 4.69) is 10.3 Å². The molecule has 0 saturated carbocycles. The summed E-state index contributed by atoms with van der Waals surface area (Å²) in [5.74, 6) is -0.643. The standard InChI is InChI=1S/C19H21FN4O3/c1-13(25)22-10-16-12-27-19(26)24(16)15-3-4-18(17(20)9-15)23(2)11-14-5-7-21-8-6-14/h3-9,16H,10-12H2,1-2H3,(H,22,25). The average molecular weight is 372 g/mol. The van der Waals surface area contributed by atoms with Gasteiger partial charge in [-0.05, 0) is 35.9 Å². The molecule has 0 spiro atoms. The number of pyridine rings is 1. The largest absolute Gasteiger partial charge is 0.447 e. The molecule has 1 aromatic heterocycles. The lowest BCUT2D eigenvalue weighted by molar-refractivity contribution is -0.119. The van der Waals surface area contributed by atoms with Gasteiger partial charge in [-0.25, -0.2) is 9.18 Å². The van der Waals surface area contributed by atoms with Gasteiger partial charge in [0.2, 0.25) is 5.91 Å². The predicted molar refractivity (Wildman–Crippen MR) is 99.0 cm³/mol. The first-order chi connectivity index (χ1) is 13.0. The van der Waals surface area contributed by atoms with Gasteiger partial charge in [-0.3, -0.25) is 14.7 Å². The minimum absolute atomic E-state index is 0.143.